The van der Waals surface area contributed by atoms with Crippen molar-refractivity contribution in [2.45, 2.75) is 19.4 Å². The molecule has 0 aliphatic rings. The minimum absolute atomic E-state index is 0.0856. The van der Waals surface area contributed by atoms with E-state index in [9.17, 15) is 4.79 Å². The molecule has 1 aromatic rings. The van der Waals surface area contributed by atoms with Gasteiger partial charge in [-0.1, -0.05) is 17.7 Å². The fraction of sp³-hybridized carbons (Fsp3) is 0.462. The summed E-state index contributed by atoms with van der Waals surface area (Å²) in [6.45, 7) is 2.10. The molecule has 0 spiro atoms. The number of hydrogen-bond acceptors (Lipinski definition) is 3. The number of amides is 2. The first kappa shape index (κ1) is 15.6. The normalized spacial score (nSPS) is 11.8. The summed E-state index contributed by atoms with van der Waals surface area (Å²) in [6, 6.07) is 4.88. The SMILES string of the molecule is COc1ccc(CCNC(=O)N[C@H](C)CO)c(Cl)c1. The van der Waals surface area contributed by atoms with Crippen LogP contribution in [0.15, 0.2) is 18.2 Å². The van der Waals surface area contributed by atoms with Crippen LogP contribution in [0.5, 0.6) is 5.75 Å². The molecule has 2 amide bonds. The number of nitrogens with one attached hydrogen (secondary N) is 2. The fourth-order valence-electron chi connectivity index (χ4n) is 1.49. The molecule has 3 N–H and O–H groups in total. The van der Waals surface area contributed by atoms with Gasteiger partial charge in [-0.05, 0) is 31.0 Å². The van der Waals surface area contributed by atoms with E-state index in [0.717, 1.165) is 5.56 Å². The summed E-state index contributed by atoms with van der Waals surface area (Å²) in [5.41, 5.74) is 0.943. The Balaban J connectivity index is 2.39. The van der Waals surface area contributed by atoms with Crippen molar-refractivity contribution in [3.05, 3.63) is 28.8 Å². The molecule has 0 saturated heterocycles. The van der Waals surface area contributed by atoms with E-state index in [1.165, 1.54) is 0 Å². The Morgan fingerprint density at radius 2 is 2.26 bits per heavy atom. The number of aliphatic hydroxyl groups excluding tert-OH is 1. The van der Waals surface area contributed by atoms with Crippen molar-refractivity contribution in [2.24, 2.45) is 0 Å². The van der Waals surface area contributed by atoms with Gasteiger partial charge >= 0.3 is 6.03 Å². The Labute approximate surface area is 117 Å². The standard InChI is InChI=1S/C13H19ClN2O3/c1-9(8-17)16-13(18)15-6-5-10-3-4-11(19-2)7-12(10)14/h3-4,7,9,17H,5-6,8H2,1-2H3,(H2,15,16,18)/t9-/m1/s1. The highest BCUT2D eigenvalue weighted by molar-refractivity contribution is 6.31. The first-order valence-corrected chi connectivity index (χ1v) is 6.42. The van der Waals surface area contributed by atoms with Crippen LogP contribution in [0.4, 0.5) is 4.79 Å². The van der Waals surface area contributed by atoms with Crippen LogP contribution < -0.4 is 15.4 Å². The lowest BCUT2D eigenvalue weighted by Crippen LogP contribution is -2.42. The Morgan fingerprint density at radius 1 is 1.53 bits per heavy atom. The number of benzene rings is 1. The highest BCUT2D eigenvalue weighted by atomic mass is 35.5. The van der Waals surface area contributed by atoms with Crippen molar-refractivity contribution in [1.82, 2.24) is 10.6 Å². The first-order chi connectivity index (χ1) is 9.06. The Kier molecular flexibility index (Phi) is 6.45. The summed E-state index contributed by atoms with van der Waals surface area (Å²) in [5, 5.41) is 14.7. The fourth-order valence-corrected chi connectivity index (χ4v) is 1.75. The van der Waals surface area contributed by atoms with Gasteiger partial charge in [-0.2, -0.15) is 0 Å². The number of methoxy groups -OCH3 is 1. The number of aliphatic hydroxyl groups is 1. The molecule has 106 valence electrons. The van der Waals surface area contributed by atoms with Crippen molar-refractivity contribution < 1.29 is 14.6 Å². The molecule has 0 saturated carbocycles. The lowest BCUT2D eigenvalue weighted by Gasteiger charge is -2.12. The van der Waals surface area contributed by atoms with Gasteiger partial charge in [-0.25, -0.2) is 4.79 Å². The number of carbonyl (C=O) groups excluding carboxylic acids is 1. The molecule has 0 aliphatic heterocycles. The number of carbonyl (C=O) groups is 1. The summed E-state index contributed by atoms with van der Waals surface area (Å²) >= 11 is 6.09. The van der Waals surface area contributed by atoms with E-state index in [1.807, 2.05) is 12.1 Å². The molecule has 1 atom stereocenters. The molecule has 1 rings (SSSR count). The predicted molar refractivity (Wildman–Crippen MR) is 74.8 cm³/mol. The van der Waals surface area contributed by atoms with E-state index >= 15 is 0 Å². The summed E-state index contributed by atoms with van der Waals surface area (Å²) in [4.78, 5) is 11.4. The maximum absolute atomic E-state index is 11.4. The van der Waals surface area contributed by atoms with Crippen LogP contribution in [0.25, 0.3) is 0 Å². The summed E-state index contributed by atoms with van der Waals surface area (Å²) in [7, 11) is 1.58. The van der Waals surface area contributed by atoms with Gasteiger partial charge in [0.15, 0.2) is 0 Å². The molecule has 0 heterocycles. The van der Waals surface area contributed by atoms with Crippen LogP contribution in [-0.4, -0.2) is 37.4 Å². The summed E-state index contributed by atoms with van der Waals surface area (Å²) in [6.07, 6.45) is 0.629. The van der Waals surface area contributed by atoms with Gasteiger partial charge in [0.25, 0.3) is 0 Å². The molecule has 0 bridgehead atoms. The minimum atomic E-state index is -0.300. The van der Waals surface area contributed by atoms with Gasteiger partial charge in [0.1, 0.15) is 5.75 Å². The number of hydrogen-bond donors (Lipinski definition) is 3. The molecule has 0 aromatic heterocycles. The first-order valence-electron chi connectivity index (χ1n) is 6.04. The number of halogens is 1. The van der Waals surface area contributed by atoms with Crippen LogP contribution in [0.2, 0.25) is 5.02 Å². The van der Waals surface area contributed by atoms with E-state index in [4.69, 9.17) is 21.4 Å². The zero-order valence-corrected chi connectivity index (χ0v) is 11.8. The predicted octanol–water partition coefficient (Wildman–Crippen LogP) is 1.57. The molecule has 1 aromatic carbocycles. The topological polar surface area (TPSA) is 70.6 Å². The van der Waals surface area contributed by atoms with Crippen molar-refractivity contribution in [3.8, 4) is 5.75 Å². The lowest BCUT2D eigenvalue weighted by molar-refractivity contribution is 0.220. The molecule has 6 heteroatoms. The Morgan fingerprint density at radius 3 is 2.84 bits per heavy atom. The van der Waals surface area contributed by atoms with Gasteiger partial charge in [0, 0.05) is 11.6 Å². The average Bonchev–Trinajstić information content (AvgIpc) is 2.40. The second-order valence-corrected chi connectivity index (χ2v) is 4.60. The smallest absolute Gasteiger partial charge is 0.315 e. The second kappa shape index (κ2) is 7.86. The molecule has 0 fully saturated rings. The third-order valence-corrected chi connectivity index (χ3v) is 2.94. The third-order valence-electron chi connectivity index (χ3n) is 2.59. The molecule has 0 radical (unpaired) electrons. The molecular formula is C13H19ClN2O3. The molecule has 0 unspecified atom stereocenters. The maximum atomic E-state index is 11.4. The van der Waals surface area contributed by atoms with Crippen molar-refractivity contribution in [2.75, 3.05) is 20.3 Å². The Bertz CT molecular complexity index is 426. The van der Waals surface area contributed by atoms with E-state index in [2.05, 4.69) is 10.6 Å². The second-order valence-electron chi connectivity index (χ2n) is 4.19. The van der Waals surface area contributed by atoms with Crippen LogP contribution in [0.3, 0.4) is 0 Å². The largest absolute Gasteiger partial charge is 0.497 e. The highest BCUT2D eigenvalue weighted by Gasteiger charge is 2.06. The van der Waals surface area contributed by atoms with Crippen molar-refractivity contribution in [3.63, 3.8) is 0 Å². The highest BCUT2D eigenvalue weighted by Crippen LogP contribution is 2.22. The van der Waals surface area contributed by atoms with Gasteiger partial charge < -0.3 is 20.5 Å². The van der Waals surface area contributed by atoms with E-state index in [-0.39, 0.29) is 18.7 Å². The molecular weight excluding hydrogens is 268 g/mol. The summed E-state index contributed by atoms with van der Waals surface area (Å²) < 4.78 is 5.06. The van der Waals surface area contributed by atoms with E-state index < -0.39 is 0 Å². The third kappa shape index (κ3) is 5.36. The van der Waals surface area contributed by atoms with Gasteiger partial charge in [-0.3, -0.25) is 0 Å². The van der Waals surface area contributed by atoms with Crippen LogP contribution in [0, 0.1) is 0 Å². The quantitative estimate of drug-likeness (QED) is 0.743. The molecule has 0 aliphatic carbocycles. The zero-order chi connectivity index (χ0) is 14.3. The minimum Gasteiger partial charge on any atom is -0.497 e. The van der Waals surface area contributed by atoms with Crippen molar-refractivity contribution >= 4 is 17.6 Å². The number of urea groups is 1. The van der Waals surface area contributed by atoms with Crippen LogP contribution in [0.1, 0.15) is 12.5 Å². The van der Waals surface area contributed by atoms with Crippen LogP contribution >= 0.6 is 11.6 Å². The van der Waals surface area contributed by atoms with Gasteiger partial charge in [-0.15, -0.1) is 0 Å². The maximum Gasteiger partial charge on any atom is 0.315 e. The molecule has 19 heavy (non-hydrogen) atoms. The lowest BCUT2D eigenvalue weighted by atomic mass is 10.1. The van der Waals surface area contributed by atoms with E-state index in [0.29, 0.717) is 23.7 Å². The van der Waals surface area contributed by atoms with Gasteiger partial charge in [0.2, 0.25) is 0 Å². The molecule has 5 nitrogen and oxygen atoms in total. The van der Waals surface area contributed by atoms with Crippen LogP contribution in [-0.2, 0) is 6.42 Å². The van der Waals surface area contributed by atoms with Gasteiger partial charge in [0.05, 0.1) is 19.8 Å². The number of rotatable bonds is 6. The monoisotopic (exact) mass is 286 g/mol. The number of ether oxygens (including phenoxy) is 1. The Hall–Kier alpha value is -1.46. The zero-order valence-electron chi connectivity index (χ0n) is 11.1. The van der Waals surface area contributed by atoms with Crippen molar-refractivity contribution in [1.29, 1.82) is 0 Å². The van der Waals surface area contributed by atoms with E-state index in [1.54, 1.807) is 20.1 Å². The average molecular weight is 287 g/mol. The summed E-state index contributed by atoms with van der Waals surface area (Å²) in [5.74, 6) is 0.705.